The Morgan fingerprint density at radius 1 is 1.67 bits per heavy atom. The molecule has 6 nitrogen and oxygen atoms in total. The van der Waals surface area contributed by atoms with Gasteiger partial charge in [0.1, 0.15) is 0 Å². The van der Waals surface area contributed by atoms with Crippen molar-refractivity contribution in [2.75, 3.05) is 18.9 Å². The quantitative estimate of drug-likeness (QED) is 0.734. The number of aryl methyl sites for hydroxylation is 1. The van der Waals surface area contributed by atoms with E-state index >= 15 is 0 Å². The highest BCUT2D eigenvalue weighted by molar-refractivity contribution is 5.97. The van der Waals surface area contributed by atoms with Gasteiger partial charge in [-0.15, -0.1) is 0 Å². The lowest BCUT2D eigenvalue weighted by Crippen LogP contribution is -2.36. The maximum absolute atomic E-state index is 12.4. The molecule has 1 unspecified atom stereocenters. The van der Waals surface area contributed by atoms with E-state index in [1.165, 1.54) is 0 Å². The van der Waals surface area contributed by atoms with Gasteiger partial charge in [0.25, 0.3) is 5.91 Å². The van der Waals surface area contributed by atoms with Crippen molar-refractivity contribution in [1.29, 1.82) is 0 Å². The average Bonchev–Trinajstić information content (AvgIpc) is 2.95. The van der Waals surface area contributed by atoms with Crippen molar-refractivity contribution in [1.82, 2.24) is 15.1 Å². The van der Waals surface area contributed by atoms with Gasteiger partial charge in [-0.05, 0) is 32.6 Å². The van der Waals surface area contributed by atoms with E-state index in [9.17, 15) is 4.79 Å². The van der Waals surface area contributed by atoms with Crippen LogP contribution in [0.5, 0.6) is 0 Å². The van der Waals surface area contributed by atoms with E-state index < -0.39 is 0 Å². The largest absolute Gasteiger partial charge is 0.396 e. The van der Waals surface area contributed by atoms with E-state index in [0.717, 1.165) is 37.9 Å². The fourth-order valence-electron chi connectivity index (χ4n) is 2.47. The van der Waals surface area contributed by atoms with Gasteiger partial charge in [-0.1, -0.05) is 0 Å². The summed E-state index contributed by atoms with van der Waals surface area (Å²) in [7, 11) is 0. The van der Waals surface area contributed by atoms with E-state index in [4.69, 9.17) is 10.8 Å². The van der Waals surface area contributed by atoms with Crippen LogP contribution in [0.2, 0.25) is 0 Å². The molecule has 0 spiro atoms. The zero-order chi connectivity index (χ0) is 13.1. The van der Waals surface area contributed by atoms with Gasteiger partial charge in [-0.3, -0.25) is 9.89 Å². The van der Waals surface area contributed by atoms with Crippen LogP contribution >= 0.6 is 0 Å². The Balaban J connectivity index is 2.10. The topological polar surface area (TPSA) is 95.2 Å². The molecule has 0 aliphatic carbocycles. The second-order valence-electron chi connectivity index (χ2n) is 4.77. The molecule has 2 heterocycles. The van der Waals surface area contributed by atoms with E-state index in [1.54, 1.807) is 6.92 Å². The fraction of sp³-hybridized carbons (Fsp3) is 0.667. The molecule has 0 radical (unpaired) electrons. The predicted molar refractivity (Wildman–Crippen MR) is 68.1 cm³/mol. The number of nitrogens with zero attached hydrogens (tertiary/aromatic N) is 2. The van der Waals surface area contributed by atoms with Gasteiger partial charge in [-0.25, -0.2) is 0 Å². The second kappa shape index (κ2) is 5.39. The molecule has 1 saturated heterocycles. The monoisotopic (exact) mass is 252 g/mol. The van der Waals surface area contributed by atoms with E-state index in [1.807, 2.05) is 4.90 Å². The Kier molecular flexibility index (Phi) is 3.86. The first-order valence-corrected chi connectivity index (χ1v) is 6.37. The first-order chi connectivity index (χ1) is 8.65. The van der Waals surface area contributed by atoms with Crippen LogP contribution in [0.1, 0.15) is 41.9 Å². The lowest BCUT2D eigenvalue weighted by atomic mass is 10.1. The number of amides is 1. The summed E-state index contributed by atoms with van der Waals surface area (Å²) in [6, 6.07) is 0.209. The van der Waals surface area contributed by atoms with Crippen LogP contribution in [0.3, 0.4) is 0 Å². The van der Waals surface area contributed by atoms with Gasteiger partial charge in [-0.2, -0.15) is 5.10 Å². The number of aliphatic hydroxyl groups excluding tert-OH is 1. The van der Waals surface area contributed by atoms with E-state index in [-0.39, 0.29) is 18.6 Å². The smallest absolute Gasteiger partial charge is 0.276 e. The van der Waals surface area contributed by atoms with Crippen LogP contribution in [0.15, 0.2) is 0 Å². The number of carbonyl (C=O) groups is 1. The number of carbonyl (C=O) groups excluding carboxylic acids is 1. The van der Waals surface area contributed by atoms with Gasteiger partial charge >= 0.3 is 0 Å². The zero-order valence-corrected chi connectivity index (χ0v) is 10.6. The predicted octanol–water partition coefficient (Wildman–Crippen LogP) is 0.677. The van der Waals surface area contributed by atoms with Crippen LogP contribution in [0, 0.1) is 6.92 Å². The van der Waals surface area contributed by atoms with Crippen molar-refractivity contribution in [2.24, 2.45) is 0 Å². The number of anilines is 1. The third kappa shape index (κ3) is 2.33. The molecule has 100 valence electrons. The normalized spacial score (nSPS) is 19.4. The van der Waals surface area contributed by atoms with Crippen LogP contribution in [0.4, 0.5) is 5.69 Å². The number of aromatic nitrogens is 2. The minimum atomic E-state index is -0.0997. The fourth-order valence-corrected chi connectivity index (χ4v) is 2.47. The molecule has 1 aliphatic heterocycles. The summed E-state index contributed by atoms with van der Waals surface area (Å²) in [5.74, 6) is -0.0997. The molecule has 0 aromatic carbocycles. The molecule has 1 amide bonds. The molecule has 1 aromatic rings. The summed E-state index contributed by atoms with van der Waals surface area (Å²) in [5.41, 5.74) is 7.32. The molecule has 0 bridgehead atoms. The highest BCUT2D eigenvalue weighted by Gasteiger charge is 2.31. The van der Waals surface area contributed by atoms with Crippen molar-refractivity contribution < 1.29 is 9.90 Å². The third-order valence-electron chi connectivity index (χ3n) is 3.53. The number of rotatable bonds is 4. The molecule has 6 heteroatoms. The number of likely N-dealkylation sites (tertiary alicyclic amines) is 1. The molecule has 1 fully saturated rings. The summed E-state index contributed by atoms with van der Waals surface area (Å²) >= 11 is 0. The summed E-state index contributed by atoms with van der Waals surface area (Å²) in [5, 5.41) is 15.6. The molecule has 2 rings (SSSR count). The minimum absolute atomic E-state index is 0.0997. The van der Waals surface area contributed by atoms with Crippen LogP contribution in [0.25, 0.3) is 0 Å². The first-order valence-electron chi connectivity index (χ1n) is 6.37. The molecule has 1 atom stereocenters. The van der Waals surface area contributed by atoms with Gasteiger partial charge in [0.15, 0.2) is 5.69 Å². The lowest BCUT2D eigenvalue weighted by Gasteiger charge is -2.23. The standard InChI is InChI=1S/C12H20N4O2/c1-8-10(13)11(15-14-8)12(18)16-6-2-4-9(16)5-3-7-17/h9,17H,2-7,13H2,1H3,(H,14,15). The van der Waals surface area contributed by atoms with E-state index in [0.29, 0.717) is 11.4 Å². The number of hydrogen-bond acceptors (Lipinski definition) is 4. The number of nitrogens with two attached hydrogens (primary N) is 1. The Hall–Kier alpha value is -1.56. The Morgan fingerprint density at radius 3 is 3.06 bits per heavy atom. The summed E-state index contributed by atoms with van der Waals surface area (Å²) in [6.07, 6.45) is 3.56. The average molecular weight is 252 g/mol. The van der Waals surface area contributed by atoms with Crippen LogP contribution in [-0.4, -0.2) is 45.3 Å². The number of aromatic amines is 1. The van der Waals surface area contributed by atoms with Crippen LogP contribution in [-0.2, 0) is 0 Å². The van der Waals surface area contributed by atoms with Gasteiger partial charge in [0, 0.05) is 19.2 Å². The number of nitrogens with one attached hydrogen (secondary N) is 1. The van der Waals surface area contributed by atoms with Crippen molar-refractivity contribution in [3.8, 4) is 0 Å². The molecular weight excluding hydrogens is 232 g/mol. The highest BCUT2D eigenvalue weighted by Crippen LogP contribution is 2.25. The van der Waals surface area contributed by atoms with E-state index in [2.05, 4.69) is 10.2 Å². The van der Waals surface area contributed by atoms with Crippen molar-refractivity contribution in [2.45, 2.75) is 38.6 Å². The summed E-state index contributed by atoms with van der Waals surface area (Å²) in [6.45, 7) is 2.72. The van der Waals surface area contributed by atoms with Gasteiger partial charge < -0.3 is 15.7 Å². The van der Waals surface area contributed by atoms with Gasteiger partial charge in [0.05, 0.1) is 11.4 Å². The zero-order valence-electron chi connectivity index (χ0n) is 10.6. The lowest BCUT2D eigenvalue weighted by molar-refractivity contribution is 0.0719. The van der Waals surface area contributed by atoms with Crippen molar-refractivity contribution >= 4 is 11.6 Å². The maximum atomic E-state index is 12.4. The minimum Gasteiger partial charge on any atom is -0.396 e. The third-order valence-corrected chi connectivity index (χ3v) is 3.53. The Bertz CT molecular complexity index is 430. The van der Waals surface area contributed by atoms with Crippen molar-refractivity contribution in [3.05, 3.63) is 11.4 Å². The number of aliphatic hydroxyl groups is 1. The molecular formula is C12H20N4O2. The Morgan fingerprint density at radius 2 is 2.44 bits per heavy atom. The number of H-pyrrole nitrogens is 1. The molecule has 1 aromatic heterocycles. The molecule has 1 aliphatic rings. The maximum Gasteiger partial charge on any atom is 0.276 e. The summed E-state index contributed by atoms with van der Waals surface area (Å²) < 4.78 is 0. The van der Waals surface area contributed by atoms with Gasteiger partial charge in [0.2, 0.25) is 0 Å². The number of nitrogen functional groups attached to an aromatic ring is 1. The molecule has 0 saturated carbocycles. The second-order valence-corrected chi connectivity index (χ2v) is 4.77. The number of hydrogen-bond donors (Lipinski definition) is 3. The van der Waals surface area contributed by atoms with Crippen LogP contribution < -0.4 is 5.73 Å². The highest BCUT2D eigenvalue weighted by atomic mass is 16.3. The first kappa shape index (κ1) is 12.9. The van der Waals surface area contributed by atoms with Crippen molar-refractivity contribution in [3.63, 3.8) is 0 Å². The molecule has 4 N–H and O–H groups in total. The summed E-state index contributed by atoms with van der Waals surface area (Å²) in [4.78, 5) is 14.2. The Labute approximate surface area is 106 Å². The SMILES string of the molecule is Cc1[nH]nc(C(=O)N2CCCC2CCCO)c1N. The molecule has 18 heavy (non-hydrogen) atoms.